The summed E-state index contributed by atoms with van der Waals surface area (Å²) in [5.74, 6) is -7.16. The zero-order chi connectivity index (χ0) is 53.1. The first kappa shape index (κ1) is 58.9. The van der Waals surface area contributed by atoms with E-state index in [1.807, 2.05) is 5.43 Å². The van der Waals surface area contributed by atoms with Gasteiger partial charge in [-0.05, 0) is 58.7 Å². The molecule has 0 heterocycles. The molecule has 5 aromatic rings. The van der Waals surface area contributed by atoms with Crippen LogP contribution in [0, 0.1) is 11.6 Å². The number of aliphatic hydroxyl groups is 3. The normalized spacial score (nSPS) is 12.1. The van der Waals surface area contributed by atoms with Crippen molar-refractivity contribution in [1.29, 1.82) is 0 Å². The Morgan fingerprint density at radius 2 is 1.17 bits per heavy atom. The quantitative estimate of drug-likeness (QED) is 0.0124. The van der Waals surface area contributed by atoms with E-state index < -0.39 is 80.1 Å². The molecule has 0 spiro atoms. The Morgan fingerprint density at radius 1 is 0.690 bits per heavy atom. The smallest absolute Gasteiger partial charge is 0.398 e. The number of nitrogens with two attached hydrogens (primary N) is 1. The lowest BCUT2D eigenvalue weighted by atomic mass is 10.0. The van der Waals surface area contributed by atoms with E-state index >= 15 is 0 Å². The van der Waals surface area contributed by atoms with Crippen molar-refractivity contribution < 1.29 is 80.2 Å². The lowest BCUT2D eigenvalue weighted by Crippen LogP contribution is -2.49. The summed E-state index contributed by atoms with van der Waals surface area (Å²) in [6.45, 7) is -2.49. The second-order valence-corrected chi connectivity index (χ2v) is 16.4. The molecule has 0 bridgehead atoms. The topological polar surface area (TPSA) is 229 Å². The molecule has 1 amide bonds. The number of carbonyl (C=O) groups excluding carboxylic acids is 4. The molecule has 0 fully saturated rings. The van der Waals surface area contributed by atoms with Crippen LogP contribution < -0.4 is 11.3 Å². The number of aliphatic hydroxyl groups excluding tert-OH is 3. The fraction of sp³-hybridized carbons (Fsp3) is 0.271. The highest BCUT2D eigenvalue weighted by Crippen LogP contribution is 2.28. The number of alkyl halides is 4. The zero-order valence-corrected chi connectivity index (χ0v) is 39.2. The summed E-state index contributed by atoms with van der Waals surface area (Å²) in [6, 6.07) is 30.0. The number of rotatable bonds is 19. The summed E-state index contributed by atoms with van der Waals surface area (Å²) < 4.78 is 85.2. The average molecular weight is 1040 g/mol. The highest BCUT2D eigenvalue weighted by atomic mass is 35.5. The van der Waals surface area contributed by atoms with Crippen molar-refractivity contribution in [2.24, 2.45) is 5.84 Å². The molecule has 15 nitrogen and oxygen atoms in total. The summed E-state index contributed by atoms with van der Waals surface area (Å²) in [4.78, 5) is 58.5. The first-order valence-corrected chi connectivity index (χ1v) is 21.5. The molecule has 5 rings (SSSR count). The molecule has 0 aromatic heterocycles. The van der Waals surface area contributed by atoms with Gasteiger partial charge in [0.05, 0.1) is 13.1 Å². The third kappa shape index (κ3) is 21.6. The Balaban J connectivity index is 0.000000336. The molecule has 71 heavy (non-hydrogen) atoms. The first-order valence-electron chi connectivity index (χ1n) is 20.8. The number of aliphatic carboxylic acids is 1. The highest BCUT2D eigenvalue weighted by molar-refractivity contribution is 6.32. The largest absolute Gasteiger partial charge is 0.479 e. The van der Waals surface area contributed by atoms with E-state index in [9.17, 15) is 60.5 Å². The molecule has 23 heteroatoms. The molecule has 0 radical (unpaired) electrons. The first-order chi connectivity index (χ1) is 33.2. The molecule has 0 saturated carbocycles. The maximum Gasteiger partial charge on any atom is 0.398 e. The van der Waals surface area contributed by atoms with Crippen LogP contribution in [0.15, 0.2) is 115 Å². The van der Waals surface area contributed by atoms with Crippen LogP contribution in [0.5, 0.6) is 0 Å². The predicted molar refractivity (Wildman–Crippen MR) is 248 cm³/mol. The van der Waals surface area contributed by atoms with Crippen molar-refractivity contribution in [1.82, 2.24) is 15.4 Å². The summed E-state index contributed by atoms with van der Waals surface area (Å²) in [7, 11) is 0. The van der Waals surface area contributed by atoms with Crippen molar-refractivity contribution in [2.75, 3.05) is 32.9 Å². The average Bonchev–Trinajstić information content (AvgIpc) is 3.32. The number of benzene rings is 5. The molecule has 0 aliphatic heterocycles. The van der Waals surface area contributed by atoms with E-state index in [1.165, 1.54) is 47.5 Å². The van der Waals surface area contributed by atoms with Crippen LogP contribution in [0.4, 0.5) is 26.3 Å². The minimum Gasteiger partial charge on any atom is -0.479 e. The van der Waals surface area contributed by atoms with Gasteiger partial charge >= 0.3 is 23.8 Å². The Kier molecular flexibility index (Phi) is 23.1. The molecule has 7 N–H and O–H groups in total. The van der Waals surface area contributed by atoms with Crippen molar-refractivity contribution in [3.63, 3.8) is 0 Å². The Hall–Kier alpha value is -6.43. The van der Waals surface area contributed by atoms with E-state index in [4.69, 9.17) is 44.0 Å². The summed E-state index contributed by atoms with van der Waals surface area (Å²) >= 11 is 11.8. The van der Waals surface area contributed by atoms with Crippen LogP contribution in [0.3, 0.4) is 0 Å². The third-order valence-electron chi connectivity index (χ3n) is 9.12. The summed E-state index contributed by atoms with van der Waals surface area (Å²) in [5, 5.41) is 39.2. The number of esters is 2. The van der Waals surface area contributed by atoms with Crippen molar-refractivity contribution in [3.05, 3.63) is 154 Å². The van der Waals surface area contributed by atoms with Crippen LogP contribution in [-0.4, -0.2) is 117 Å². The number of carboxylic acids is 1. The Morgan fingerprint density at radius 3 is 1.62 bits per heavy atom. The van der Waals surface area contributed by atoms with E-state index in [0.717, 1.165) is 10.6 Å². The van der Waals surface area contributed by atoms with Gasteiger partial charge in [-0.3, -0.25) is 20.9 Å². The predicted octanol–water partition coefficient (Wildman–Crippen LogP) is 6.87. The Labute approximate surface area is 412 Å². The molecule has 2 atom stereocenters. The number of carboxylic acid groups (broad SMARTS) is 1. The standard InChI is InChI=1S/C24H22ClFN2O4.C21H20ClF3N2O6.C3H6F2O/c25-19-10-11-21(26)20(12-19)17-8-6-16(7-9-17)13-28(27)14-22(29)24(31)32-15-23(30)18-4-2-1-3-5-18;1-21(24,25)11-33-20(32)18(29)26-27(10-17(28)19(30)31)9-12-2-4-13(5-3-12)15-8-14(22)6-7-16(15)23;1-3(4,5)2-6/h1-12,22,29H,13-15,27H2;2-8,17,28H,9-11H2,1H3,(H,26,29)(H,30,31);6H,2H2,1H3/t22-;17-;/m11./s1. The second kappa shape index (κ2) is 27.8. The van der Waals surface area contributed by atoms with Crippen LogP contribution in [0.1, 0.15) is 35.3 Å². The van der Waals surface area contributed by atoms with Gasteiger partial charge < -0.3 is 29.9 Å². The van der Waals surface area contributed by atoms with Crippen LogP contribution in [0.2, 0.25) is 10.0 Å². The monoisotopic (exact) mass is 1040 g/mol. The van der Waals surface area contributed by atoms with Crippen molar-refractivity contribution >= 4 is 52.8 Å². The number of ether oxygens (including phenoxy) is 2. The maximum atomic E-state index is 14.1. The van der Waals surface area contributed by atoms with Crippen LogP contribution in [-0.2, 0) is 41.7 Å². The summed E-state index contributed by atoms with van der Waals surface area (Å²) in [6.07, 6.45) is -3.44. The number of ketones is 1. The van der Waals surface area contributed by atoms with Crippen LogP contribution in [0.25, 0.3) is 22.3 Å². The van der Waals surface area contributed by atoms with Gasteiger partial charge in [0, 0.05) is 53.7 Å². The number of hydrazine groups is 2. The SMILES string of the molecule is CC(F)(F)CO.CC(F)(F)COC(=O)C(=O)NN(Cc1ccc(-c2cc(Cl)ccc2F)cc1)C[C@@H](O)C(=O)O.NN(Cc1ccc(-c2cc(Cl)ccc2F)cc1)C[C@@H](O)C(=O)OCC(=O)c1ccccc1. The number of carbonyl (C=O) groups is 5. The van der Waals surface area contributed by atoms with Gasteiger partial charge in [-0.1, -0.05) is 102 Å². The van der Waals surface area contributed by atoms with Crippen molar-refractivity contribution in [3.8, 4) is 22.3 Å². The number of Topliss-reactive ketones (excluding diaryl/α,β-unsaturated/α-hetero) is 1. The van der Waals surface area contributed by atoms with Gasteiger partial charge in [0.15, 0.2) is 31.2 Å². The van der Waals surface area contributed by atoms with Gasteiger partial charge in [-0.2, -0.15) is 0 Å². The van der Waals surface area contributed by atoms with E-state index in [1.54, 1.807) is 72.8 Å². The number of hydrogen-bond acceptors (Lipinski definition) is 13. The van der Waals surface area contributed by atoms with Crippen LogP contribution >= 0.6 is 23.2 Å². The second-order valence-electron chi connectivity index (χ2n) is 15.5. The highest BCUT2D eigenvalue weighted by Gasteiger charge is 2.28. The van der Waals surface area contributed by atoms with E-state index in [2.05, 4.69) is 4.74 Å². The molecule has 5 aromatic carbocycles. The van der Waals surface area contributed by atoms with Gasteiger partial charge in [0.1, 0.15) is 18.2 Å². The maximum absolute atomic E-state index is 14.1. The van der Waals surface area contributed by atoms with Gasteiger partial charge in [-0.25, -0.2) is 50.7 Å². The number of nitrogens with one attached hydrogen (secondary N) is 1. The number of halogens is 8. The van der Waals surface area contributed by atoms with E-state index in [0.29, 0.717) is 51.7 Å². The van der Waals surface area contributed by atoms with Gasteiger partial charge in [0.2, 0.25) is 0 Å². The zero-order valence-electron chi connectivity index (χ0n) is 37.7. The van der Waals surface area contributed by atoms with Gasteiger partial charge in [0.25, 0.3) is 11.8 Å². The minimum atomic E-state index is -3.35. The molecule has 382 valence electrons. The fourth-order valence-corrected chi connectivity index (χ4v) is 6.00. The molecule has 0 unspecified atom stereocenters. The minimum absolute atomic E-state index is 0.189. The van der Waals surface area contributed by atoms with Gasteiger partial charge in [-0.15, -0.1) is 0 Å². The molecule has 0 aliphatic carbocycles. The fourth-order valence-electron chi connectivity index (χ4n) is 5.66. The Bertz CT molecular complexity index is 2560. The lowest BCUT2D eigenvalue weighted by Gasteiger charge is -2.24. The molecular formula is C48H48Cl2F6N4O11. The third-order valence-corrected chi connectivity index (χ3v) is 9.59. The molecule has 0 saturated heterocycles. The van der Waals surface area contributed by atoms with Crippen molar-refractivity contribution in [2.45, 2.75) is 51.0 Å². The summed E-state index contributed by atoms with van der Waals surface area (Å²) in [5.41, 5.74) is 5.49. The molecule has 0 aliphatic rings. The number of amides is 1. The van der Waals surface area contributed by atoms with E-state index in [-0.39, 0.29) is 36.8 Å². The number of nitrogens with zero attached hydrogens (tertiary/aromatic N) is 2. The number of hydrogen-bond donors (Lipinski definition) is 6. The molecular weight excluding hydrogens is 993 g/mol. The lowest BCUT2D eigenvalue weighted by molar-refractivity contribution is -0.164.